The topological polar surface area (TPSA) is 27.1 Å². The van der Waals surface area contributed by atoms with E-state index in [1.807, 2.05) is 41.1 Å². The van der Waals surface area contributed by atoms with Gasteiger partial charge >= 0.3 is 0 Å². The second-order valence-electron chi connectivity index (χ2n) is 3.75. The molecule has 0 radical (unpaired) electrons. The van der Waals surface area contributed by atoms with E-state index in [4.69, 9.17) is 16.3 Å². The molecule has 2 aromatic rings. The second-order valence-corrected chi connectivity index (χ2v) is 4.02. The van der Waals surface area contributed by atoms with Crippen molar-refractivity contribution in [2.24, 2.45) is 0 Å². The maximum atomic E-state index is 5.68. The molecule has 0 bridgehead atoms. The fourth-order valence-electron chi connectivity index (χ4n) is 1.55. The molecule has 1 heterocycles. The van der Waals surface area contributed by atoms with Crippen molar-refractivity contribution in [2.75, 3.05) is 6.61 Å². The van der Waals surface area contributed by atoms with Gasteiger partial charge in [-0.25, -0.2) is 4.98 Å². The summed E-state index contributed by atoms with van der Waals surface area (Å²) in [6, 6.07) is 9.84. The van der Waals surface area contributed by atoms with Crippen molar-refractivity contribution in [3.63, 3.8) is 0 Å². The van der Waals surface area contributed by atoms with Crippen LogP contribution in [0, 0.1) is 0 Å². The van der Waals surface area contributed by atoms with E-state index in [2.05, 4.69) is 4.98 Å². The highest BCUT2D eigenvalue weighted by atomic mass is 35.5. The largest absolute Gasteiger partial charge is 0.494 e. The van der Waals surface area contributed by atoms with Crippen molar-refractivity contribution in [3.8, 4) is 5.75 Å². The van der Waals surface area contributed by atoms with Crippen LogP contribution in [0.15, 0.2) is 42.9 Å². The van der Waals surface area contributed by atoms with Gasteiger partial charge in [0.05, 0.1) is 24.5 Å². The van der Waals surface area contributed by atoms with Crippen molar-refractivity contribution in [3.05, 3.63) is 48.5 Å². The summed E-state index contributed by atoms with van der Waals surface area (Å²) in [5.74, 6) is 1.38. The van der Waals surface area contributed by atoms with Crippen LogP contribution in [0.4, 0.5) is 0 Å². The van der Waals surface area contributed by atoms with E-state index >= 15 is 0 Å². The van der Waals surface area contributed by atoms with Gasteiger partial charge in [0.25, 0.3) is 0 Å². The van der Waals surface area contributed by atoms with Gasteiger partial charge in [-0.2, -0.15) is 0 Å². The molecule has 0 saturated heterocycles. The molecule has 1 aromatic carbocycles. The lowest BCUT2D eigenvalue weighted by Gasteiger charge is -2.05. The van der Waals surface area contributed by atoms with Crippen molar-refractivity contribution in [1.29, 1.82) is 0 Å². The van der Waals surface area contributed by atoms with Gasteiger partial charge in [0.2, 0.25) is 0 Å². The van der Waals surface area contributed by atoms with Gasteiger partial charge in [-0.1, -0.05) is 18.2 Å². The van der Waals surface area contributed by atoms with Gasteiger partial charge in [-0.3, -0.25) is 0 Å². The highest BCUT2D eigenvalue weighted by Crippen LogP contribution is 2.08. The number of nitrogens with zero attached hydrogens (tertiary/aromatic N) is 2. The molecule has 17 heavy (non-hydrogen) atoms. The minimum absolute atomic E-state index is 0.466. The number of ether oxygens (including phenoxy) is 1. The number of hydrogen-bond donors (Lipinski definition) is 0. The maximum absolute atomic E-state index is 5.68. The summed E-state index contributed by atoms with van der Waals surface area (Å²) < 4.78 is 7.63. The smallest absolute Gasteiger partial charge is 0.119 e. The summed E-state index contributed by atoms with van der Waals surface area (Å²) in [6.45, 7) is 1.61. The molecule has 0 saturated carbocycles. The summed E-state index contributed by atoms with van der Waals surface area (Å²) in [5.41, 5.74) is 0.913. The Morgan fingerprint density at radius 1 is 1.24 bits per heavy atom. The minimum Gasteiger partial charge on any atom is -0.494 e. The highest BCUT2D eigenvalue weighted by molar-refractivity contribution is 6.16. The Labute approximate surface area is 106 Å². The van der Waals surface area contributed by atoms with Crippen LogP contribution in [0.25, 0.3) is 0 Å². The minimum atomic E-state index is 0.466. The van der Waals surface area contributed by atoms with Crippen molar-refractivity contribution >= 4 is 11.6 Å². The average Bonchev–Trinajstić information content (AvgIpc) is 2.84. The summed E-state index contributed by atoms with van der Waals surface area (Å²) in [6.07, 6.45) is 4.72. The number of hydrogen-bond acceptors (Lipinski definition) is 2. The molecule has 1 aromatic heterocycles. The molecule has 0 aliphatic rings. The van der Waals surface area contributed by atoms with E-state index in [-0.39, 0.29) is 0 Å². The summed E-state index contributed by atoms with van der Waals surface area (Å²) in [5, 5.41) is 0. The Hall–Kier alpha value is -1.48. The van der Waals surface area contributed by atoms with Crippen LogP contribution in [0.3, 0.4) is 0 Å². The average molecular weight is 251 g/mol. The zero-order chi connectivity index (χ0) is 11.9. The lowest BCUT2D eigenvalue weighted by molar-refractivity contribution is 0.302. The molecule has 2 rings (SSSR count). The van der Waals surface area contributed by atoms with E-state index in [1.165, 1.54) is 0 Å². The van der Waals surface area contributed by atoms with E-state index in [0.29, 0.717) is 12.5 Å². The number of halogens is 1. The molecule has 0 atom stereocenters. The van der Waals surface area contributed by atoms with Crippen LogP contribution in [0.5, 0.6) is 5.75 Å². The lowest BCUT2D eigenvalue weighted by Crippen LogP contribution is -2.02. The Balaban J connectivity index is 1.69. The predicted molar refractivity (Wildman–Crippen MR) is 68.3 cm³/mol. The number of imidazole rings is 1. The van der Waals surface area contributed by atoms with Crippen LogP contribution in [-0.4, -0.2) is 16.2 Å². The molecule has 0 amide bonds. The van der Waals surface area contributed by atoms with E-state index in [9.17, 15) is 0 Å². The monoisotopic (exact) mass is 250 g/mol. The number of alkyl halides is 1. The van der Waals surface area contributed by atoms with Gasteiger partial charge in [0.15, 0.2) is 0 Å². The first-order valence-electron chi connectivity index (χ1n) is 5.63. The van der Waals surface area contributed by atoms with E-state index in [0.717, 1.165) is 24.4 Å². The van der Waals surface area contributed by atoms with Crippen LogP contribution in [0.2, 0.25) is 0 Å². The zero-order valence-corrected chi connectivity index (χ0v) is 10.3. The van der Waals surface area contributed by atoms with Crippen LogP contribution in [-0.2, 0) is 12.4 Å². The van der Waals surface area contributed by atoms with Crippen LogP contribution < -0.4 is 4.74 Å². The Kier molecular flexibility index (Phi) is 4.45. The Bertz CT molecular complexity index is 442. The highest BCUT2D eigenvalue weighted by Gasteiger charge is 1.97. The van der Waals surface area contributed by atoms with Gasteiger partial charge in [-0.05, 0) is 18.6 Å². The molecular formula is C13H15ClN2O. The molecule has 0 N–H and O–H groups in total. The first-order chi connectivity index (χ1) is 8.38. The molecule has 0 spiro atoms. The van der Waals surface area contributed by atoms with E-state index < -0.39 is 0 Å². The van der Waals surface area contributed by atoms with Crippen molar-refractivity contribution in [2.45, 2.75) is 18.8 Å². The summed E-state index contributed by atoms with van der Waals surface area (Å²) >= 11 is 5.68. The first-order valence-corrected chi connectivity index (χ1v) is 6.16. The molecule has 3 nitrogen and oxygen atoms in total. The molecule has 0 aliphatic carbocycles. The first kappa shape index (κ1) is 12.0. The Morgan fingerprint density at radius 3 is 2.76 bits per heavy atom. The van der Waals surface area contributed by atoms with Gasteiger partial charge < -0.3 is 9.30 Å². The van der Waals surface area contributed by atoms with E-state index in [1.54, 1.807) is 6.33 Å². The number of para-hydroxylation sites is 1. The zero-order valence-electron chi connectivity index (χ0n) is 9.55. The predicted octanol–water partition coefficient (Wildman–Crippen LogP) is 3.09. The van der Waals surface area contributed by atoms with Gasteiger partial charge in [-0.15, -0.1) is 11.6 Å². The number of aryl methyl sites for hydroxylation is 1. The summed E-state index contributed by atoms with van der Waals surface area (Å²) in [7, 11) is 0. The Morgan fingerprint density at radius 2 is 2.06 bits per heavy atom. The molecule has 0 fully saturated rings. The standard InChI is InChI=1S/C13H15ClN2O/c14-9-12-10-16(11-15-12)7-4-8-17-13-5-2-1-3-6-13/h1-3,5-6,10-11H,4,7-9H2. The van der Waals surface area contributed by atoms with Crippen molar-refractivity contribution < 1.29 is 4.74 Å². The van der Waals surface area contributed by atoms with Gasteiger partial charge in [0.1, 0.15) is 5.75 Å². The SMILES string of the molecule is ClCc1cn(CCCOc2ccccc2)cn1. The van der Waals surface area contributed by atoms with Crippen molar-refractivity contribution in [1.82, 2.24) is 9.55 Å². The third-order valence-corrected chi connectivity index (χ3v) is 2.67. The molecule has 4 heteroatoms. The number of benzene rings is 1. The quantitative estimate of drug-likeness (QED) is 0.582. The molecule has 0 unspecified atom stereocenters. The third-order valence-electron chi connectivity index (χ3n) is 2.40. The summed E-state index contributed by atoms with van der Waals surface area (Å²) in [4.78, 5) is 4.16. The number of rotatable bonds is 6. The molecule has 90 valence electrons. The molecule has 0 aliphatic heterocycles. The number of aromatic nitrogens is 2. The molecular weight excluding hydrogens is 236 g/mol. The fourth-order valence-corrected chi connectivity index (χ4v) is 1.69. The normalized spacial score (nSPS) is 10.4. The lowest BCUT2D eigenvalue weighted by atomic mass is 10.3. The fraction of sp³-hybridized carbons (Fsp3) is 0.308. The van der Waals surface area contributed by atoms with Gasteiger partial charge in [0, 0.05) is 12.7 Å². The third kappa shape index (κ3) is 3.79. The maximum Gasteiger partial charge on any atom is 0.119 e. The second kappa shape index (κ2) is 6.30. The van der Waals surface area contributed by atoms with Crippen LogP contribution in [0.1, 0.15) is 12.1 Å². The van der Waals surface area contributed by atoms with Crippen LogP contribution >= 0.6 is 11.6 Å².